The summed E-state index contributed by atoms with van der Waals surface area (Å²) < 4.78 is 24.0. The molecule has 0 fully saturated rings. The van der Waals surface area contributed by atoms with Gasteiger partial charge in [0, 0.05) is 18.3 Å². The van der Waals surface area contributed by atoms with E-state index in [1.807, 2.05) is 0 Å². The highest BCUT2D eigenvalue weighted by Gasteiger charge is 2.21. The van der Waals surface area contributed by atoms with Crippen LogP contribution in [0.3, 0.4) is 0 Å². The number of primary sulfonamides is 1. The van der Waals surface area contributed by atoms with Gasteiger partial charge < -0.3 is 10.4 Å². The molecule has 0 saturated heterocycles. The van der Waals surface area contributed by atoms with Crippen molar-refractivity contribution < 1.29 is 18.3 Å². The fraction of sp³-hybridized carbons (Fsp3) is 0.0909. The summed E-state index contributed by atoms with van der Waals surface area (Å²) in [5.41, 5.74) is -0.0783. The number of carbonyl (C=O) groups is 1. The van der Waals surface area contributed by atoms with Gasteiger partial charge in [0.2, 0.25) is 10.0 Å². The maximum absolute atomic E-state index is 12.0. The predicted octanol–water partition coefficient (Wildman–Crippen LogP) is 0.679. The van der Waals surface area contributed by atoms with Crippen molar-refractivity contribution in [3.8, 4) is 5.75 Å². The normalized spacial score (nSPS) is 11.4. The van der Waals surface area contributed by atoms with Gasteiger partial charge >= 0.3 is 0 Å². The second-order valence-corrected chi connectivity index (χ2v) is 6.14. The van der Waals surface area contributed by atoms with E-state index in [0.717, 1.165) is 6.20 Å². The fourth-order valence-electron chi connectivity index (χ4n) is 1.63. The predicted molar refractivity (Wildman–Crippen MR) is 75.7 cm³/mol. The van der Waals surface area contributed by atoms with Crippen LogP contribution in [0.15, 0.2) is 29.3 Å². The minimum absolute atomic E-state index is 0.0783. The highest BCUT2D eigenvalue weighted by Crippen LogP contribution is 2.24. The van der Waals surface area contributed by atoms with Crippen molar-refractivity contribution in [1.82, 2.24) is 9.78 Å². The number of carbonyl (C=O) groups excluding carboxylic acids is 1. The Balaban J connectivity index is 2.36. The summed E-state index contributed by atoms with van der Waals surface area (Å²) in [4.78, 5) is 11.7. The summed E-state index contributed by atoms with van der Waals surface area (Å²) in [7, 11) is -2.56. The van der Waals surface area contributed by atoms with Gasteiger partial charge in [0.25, 0.3) is 5.91 Å². The van der Waals surface area contributed by atoms with Gasteiger partial charge in [0.15, 0.2) is 5.82 Å². The molecule has 0 aliphatic heterocycles. The lowest BCUT2D eigenvalue weighted by molar-refractivity contribution is 0.102. The van der Waals surface area contributed by atoms with Crippen molar-refractivity contribution in [2.75, 3.05) is 5.32 Å². The summed E-state index contributed by atoms with van der Waals surface area (Å²) in [6.07, 6.45) is 1.16. The van der Waals surface area contributed by atoms with Crippen molar-refractivity contribution >= 4 is 33.3 Å². The standard InChI is InChI=1S/C11H11ClN4O4S/c1-16-5-9(21(13,19)20)10(15-16)14-11(18)7-3-2-6(12)4-8(7)17/h2-5,17H,1H3,(H2,13,19,20)(H,14,15,18). The first kappa shape index (κ1) is 15.3. The molecule has 1 amide bonds. The Hall–Kier alpha value is -2.10. The summed E-state index contributed by atoms with van der Waals surface area (Å²) >= 11 is 5.67. The van der Waals surface area contributed by atoms with E-state index in [9.17, 15) is 18.3 Å². The average molecular weight is 331 g/mol. The van der Waals surface area contributed by atoms with Gasteiger partial charge in [-0.2, -0.15) is 5.10 Å². The number of anilines is 1. The molecule has 21 heavy (non-hydrogen) atoms. The number of aryl methyl sites for hydroxylation is 1. The molecule has 0 saturated carbocycles. The van der Waals surface area contributed by atoms with Crippen LogP contribution in [0, 0.1) is 0 Å². The minimum Gasteiger partial charge on any atom is -0.507 e. The molecule has 0 aliphatic rings. The third-order valence-electron chi connectivity index (χ3n) is 2.54. The Morgan fingerprint density at radius 2 is 2.14 bits per heavy atom. The van der Waals surface area contributed by atoms with Gasteiger partial charge in [-0.25, -0.2) is 13.6 Å². The van der Waals surface area contributed by atoms with Crippen LogP contribution in [-0.4, -0.2) is 29.2 Å². The number of nitrogens with two attached hydrogens (primary N) is 1. The largest absolute Gasteiger partial charge is 0.507 e. The summed E-state index contributed by atoms with van der Waals surface area (Å²) in [6.45, 7) is 0. The van der Waals surface area contributed by atoms with Gasteiger partial charge in [-0.15, -0.1) is 0 Å². The molecule has 0 unspecified atom stereocenters. The third kappa shape index (κ3) is 3.32. The number of phenols is 1. The molecule has 0 atom stereocenters. The van der Waals surface area contributed by atoms with E-state index in [2.05, 4.69) is 10.4 Å². The van der Waals surface area contributed by atoms with Crippen LogP contribution in [0.25, 0.3) is 0 Å². The zero-order chi connectivity index (χ0) is 15.8. The molecule has 1 aromatic heterocycles. The lowest BCUT2D eigenvalue weighted by Gasteiger charge is -2.06. The molecular weight excluding hydrogens is 320 g/mol. The first-order chi connectivity index (χ1) is 9.68. The van der Waals surface area contributed by atoms with Crippen LogP contribution in [0.4, 0.5) is 5.82 Å². The van der Waals surface area contributed by atoms with Crippen molar-refractivity contribution in [2.45, 2.75) is 4.90 Å². The molecule has 1 aromatic carbocycles. The van der Waals surface area contributed by atoms with E-state index in [-0.39, 0.29) is 27.0 Å². The molecule has 0 spiro atoms. The topological polar surface area (TPSA) is 127 Å². The van der Waals surface area contributed by atoms with Crippen molar-refractivity contribution in [1.29, 1.82) is 0 Å². The van der Waals surface area contributed by atoms with Gasteiger partial charge in [0.1, 0.15) is 10.6 Å². The molecule has 4 N–H and O–H groups in total. The van der Waals surface area contributed by atoms with E-state index in [4.69, 9.17) is 16.7 Å². The SMILES string of the molecule is Cn1cc(S(N)(=O)=O)c(NC(=O)c2ccc(Cl)cc2O)n1. The van der Waals surface area contributed by atoms with Gasteiger partial charge in [-0.3, -0.25) is 9.48 Å². The summed E-state index contributed by atoms with van der Waals surface area (Å²) in [6, 6.07) is 3.90. The van der Waals surface area contributed by atoms with Gasteiger partial charge in [-0.05, 0) is 18.2 Å². The molecule has 1 heterocycles. The first-order valence-corrected chi connectivity index (χ1v) is 7.47. The highest BCUT2D eigenvalue weighted by molar-refractivity contribution is 7.89. The van der Waals surface area contributed by atoms with Crippen LogP contribution < -0.4 is 10.5 Å². The average Bonchev–Trinajstić information content (AvgIpc) is 2.69. The number of benzene rings is 1. The maximum atomic E-state index is 12.0. The molecule has 8 nitrogen and oxygen atoms in total. The highest BCUT2D eigenvalue weighted by atomic mass is 35.5. The van der Waals surface area contributed by atoms with Crippen molar-refractivity contribution in [2.24, 2.45) is 12.2 Å². The monoisotopic (exact) mass is 330 g/mol. The maximum Gasteiger partial charge on any atom is 0.260 e. The number of nitrogens with one attached hydrogen (secondary N) is 1. The Kier molecular flexibility index (Phi) is 3.90. The van der Waals surface area contributed by atoms with Crippen LogP contribution in [0.5, 0.6) is 5.75 Å². The summed E-state index contributed by atoms with van der Waals surface area (Å²) in [5.74, 6) is -1.31. The van der Waals surface area contributed by atoms with Crippen LogP contribution in [0.2, 0.25) is 5.02 Å². The van der Waals surface area contributed by atoms with E-state index < -0.39 is 15.9 Å². The van der Waals surface area contributed by atoms with Crippen LogP contribution >= 0.6 is 11.6 Å². The molecule has 10 heteroatoms. The smallest absolute Gasteiger partial charge is 0.260 e. The Labute approximate surface area is 125 Å². The summed E-state index contributed by atoms with van der Waals surface area (Å²) in [5, 5.41) is 21.0. The quantitative estimate of drug-likeness (QED) is 0.762. The zero-order valence-corrected chi connectivity index (χ0v) is 12.3. The zero-order valence-electron chi connectivity index (χ0n) is 10.7. The van der Waals surface area contributed by atoms with Crippen molar-refractivity contribution in [3.05, 3.63) is 35.0 Å². The third-order valence-corrected chi connectivity index (χ3v) is 3.68. The number of halogens is 1. The van der Waals surface area contributed by atoms with E-state index in [1.165, 1.54) is 29.9 Å². The van der Waals surface area contributed by atoms with Crippen LogP contribution in [0.1, 0.15) is 10.4 Å². The number of nitrogens with zero attached hydrogens (tertiary/aromatic N) is 2. The van der Waals surface area contributed by atoms with E-state index in [0.29, 0.717) is 0 Å². The lowest BCUT2D eigenvalue weighted by Crippen LogP contribution is -2.17. The minimum atomic E-state index is -4.04. The molecule has 0 aliphatic carbocycles. The van der Waals surface area contributed by atoms with Gasteiger partial charge in [-0.1, -0.05) is 11.6 Å². The van der Waals surface area contributed by atoms with Crippen molar-refractivity contribution in [3.63, 3.8) is 0 Å². The fourth-order valence-corrected chi connectivity index (χ4v) is 2.46. The first-order valence-electron chi connectivity index (χ1n) is 5.55. The molecule has 2 rings (SSSR count). The second kappa shape index (κ2) is 5.35. The van der Waals surface area contributed by atoms with Gasteiger partial charge in [0.05, 0.1) is 5.56 Å². The number of rotatable bonds is 3. The Bertz CT molecular complexity index is 816. The number of hydrogen-bond acceptors (Lipinski definition) is 5. The number of phenolic OH excluding ortho intramolecular Hbond substituents is 1. The number of amides is 1. The number of hydrogen-bond donors (Lipinski definition) is 3. The van der Waals surface area contributed by atoms with Crippen LogP contribution in [-0.2, 0) is 17.1 Å². The molecule has 2 aromatic rings. The lowest BCUT2D eigenvalue weighted by atomic mass is 10.2. The number of aromatic nitrogens is 2. The Morgan fingerprint density at radius 1 is 1.48 bits per heavy atom. The molecule has 112 valence electrons. The molecular formula is C11H11ClN4O4S. The second-order valence-electron chi connectivity index (χ2n) is 4.18. The van der Waals surface area contributed by atoms with E-state index >= 15 is 0 Å². The van der Waals surface area contributed by atoms with E-state index in [1.54, 1.807) is 0 Å². The molecule has 0 radical (unpaired) electrons. The Morgan fingerprint density at radius 3 is 2.71 bits per heavy atom. The molecule has 0 bridgehead atoms. The number of sulfonamides is 1. The number of aromatic hydroxyl groups is 1.